The molecule has 0 bridgehead atoms. The van der Waals surface area contributed by atoms with E-state index in [0.29, 0.717) is 22.5 Å². The molecule has 0 saturated carbocycles. The Balaban J connectivity index is 2.25. The minimum absolute atomic E-state index is 0.0160. The molecule has 0 fully saturated rings. The summed E-state index contributed by atoms with van der Waals surface area (Å²) in [4.78, 5) is 8.44. The molecule has 0 spiro atoms. The predicted molar refractivity (Wildman–Crippen MR) is 81.9 cm³/mol. The van der Waals surface area contributed by atoms with Gasteiger partial charge in [-0.3, -0.25) is 0 Å². The quantitative estimate of drug-likeness (QED) is 0.785. The van der Waals surface area contributed by atoms with Crippen molar-refractivity contribution in [2.24, 2.45) is 0 Å². The second-order valence-corrected chi connectivity index (χ2v) is 4.78. The molecule has 0 radical (unpaired) electrons. The number of nitrogen functional groups attached to an aromatic ring is 1. The summed E-state index contributed by atoms with van der Waals surface area (Å²) in [5.74, 6) is -0.787. The van der Waals surface area contributed by atoms with Crippen molar-refractivity contribution >= 4 is 5.82 Å². The van der Waals surface area contributed by atoms with Gasteiger partial charge in [0, 0.05) is 11.1 Å². The highest BCUT2D eigenvalue weighted by molar-refractivity contribution is 5.79. The maximum Gasteiger partial charge on any atom is 0.183 e. The summed E-state index contributed by atoms with van der Waals surface area (Å²) < 4.78 is 26.3. The van der Waals surface area contributed by atoms with Gasteiger partial charge in [-0.25, -0.2) is 18.7 Å². The molecule has 6 heteroatoms. The second-order valence-electron chi connectivity index (χ2n) is 4.78. The molecule has 2 N–H and O–H groups in total. The average molecular weight is 308 g/mol. The SMILES string of the molecule is N#Cc1nc(-c2ccc(F)cc2)c(-c2ccc(F)cc2)nc1N. The zero-order chi connectivity index (χ0) is 16.4. The van der Waals surface area contributed by atoms with Crippen LogP contribution < -0.4 is 5.73 Å². The van der Waals surface area contributed by atoms with Crippen LogP contribution in [0.4, 0.5) is 14.6 Å². The second kappa shape index (κ2) is 5.81. The number of anilines is 1. The van der Waals surface area contributed by atoms with Gasteiger partial charge < -0.3 is 5.73 Å². The Hall–Kier alpha value is -3.33. The largest absolute Gasteiger partial charge is 0.381 e. The molecule has 0 aliphatic rings. The van der Waals surface area contributed by atoms with E-state index in [4.69, 9.17) is 11.0 Å². The molecule has 0 amide bonds. The Morgan fingerprint density at radius 2 is 1.22 bits per heavy atom. The molecule has 4 nitrogen and oxygen atoms in total. The van der Waals surface area contributed by atoms with Gasteiger partial charge in [0.1, 0.15) is 17.7 Å². The summed E-state index contributed by atoms with van der Waals surface area (Å²) in [6, 6.07) is 13.2. The van der Waals surface area contributed by atoms with Gasteiger partial charge in [0.15, 0.2) is 11.5 Å². The summed E-state index contributed by atoms with van der Waals surface area (Å²) in [7, 11) is 0. The van der Waals surface area contributed by atoms with Crippen molar-refractivity contribution in [1.29, 1.82) is 5.26 Å². The molecular weight excluding hydrogens is 298 g/mol. The molecule has 0 atom stereocenters. The van der Waals surface area contributed by atoms with Gasteiger partial charge in [0.25, 0.3) is 0 Å². The van der Waals surface area contributed by atoms with E-state index in [1.165, 1.54) is 48.5 Å². The van der Waals surface area contributed by atoms with E-state index in [-0.39, 0.29) is 23.1 Å². The standard InChI is InChI=1S/C17H10F2N4/c18-12-5-1-10(2-6-12)15-16(11-3-7-13(19)8-4-11)23-17(21)14(9-20)22-15/h1-8H,(H2,21,23). The Labute approximate surface area is 130 Å². The molecular formula is C17H10F2N4. The number of rotatable bonds is 2. The highest BCUT2D eigenvalue weighted by Gasteiger charge is 2.15. The number of nitrogens with two attached hydrogens (primary N) is 1. The van der Waals surface area contributed by atoms with Crippen LogP contribution in [0, 0.1) is 23.0 Å². The lowest BCUT2D eigenvalue weighted by Gasteiger charge is -2.10. The number of benzene rings is 2. The van der Waals surface area contributed by atoms with Gasteiger partial charge >= 0.3 is 0 Å². The highest BCUT2D eigenvalue weighted by Crippen LogP contribution is 2.30. The molecule has 3 aromatic rings. The molecule has 2 aromatic carbocycles. The van der Waals surface area contributed by atoms with Gasteiger partial charge in [-0.2, -0.15) is 5.26 Å². The molecule has 3 rings (SSSR count). The first kappa shape index (κ1) is 14.6. The number of halogens is 2. The van der Waals surface area contributed by atoms with Gasteiger partial charge in [-0.15, -0.1) is 0 Å². The molecule has 0 aliphatic heterocycles. The van der Waals surface area contributed by atoms with E-state index in [9.17, 15) is 8.78 Å². The summed E-state index contributed by atoms with van der Waals surface area (Å²) in [5.41, 5.74) is 7.67. The van der Waals surface area contributed by atoms with Gasteiger partial charge in [-0.1, -0.05) is 0 Å². The lowest BCUT2D eigenvalue weighted by atomic mass is 10.0. The fourth-order valence-electron chi connectivity index (χ4n) is 2.15. The molecule has 112 valence electrons. The number of hydrogen-bond donors (Lipinski definition) is 1. The molecule has 23 heavy (non-hydrogen) atoms. The van der Waals surface area contributed by atoms with E-state index in [1.807, 2.05) is 6.07 Å². The first-order valence-electron chi connectivity index (χ1n) is 6.68. The van der Waals surface area contributed by atoms with Crippen molar-refractivity contribution < 1.29 is 8.78 Å². The fraction of sp³-hybridized carbons (Fsp3) is 0. The van der Waals surface area contributed by atoms with Crippen molar-refractivity contribution in [2.45, 2.75) is 0 Å². The minimum atomic E-state index is -0.388. The Kier molecular flexibility index (Phi) is 3.69. The summed E-state index contributed by atoms with van der Waals surface area (Å²) >= 11 is 0. The van der Waals surface area contributed by atoms with Crippen LogP contribution in [0.5, 0.6) is 0 Å². The summed E-state index contributed by atoms with van der Waals surface area (Å²) in [5, 5.41) is 9.09. The third-order valence-corrected chi connectivity index (χ3v) is 3.26. The average Bonchev–Trinajstić information content (AvgIpc) is 2.56. The van der Waals surface area contributed by atoms with Crippen molar-refractivity contribution in [3.63, 3.8) is 0 Å². The molecule has 1 heterocycles. The predicted octanol–water partition coefficient (Wildman–Crippen LogP) is 3.54. The van der Waals surface area contributed by atoms with Crippen LogP contribution in [0.3, 0.4) is 0 Å². The zero-order valence-electron chi connectivity index (χ0n) is 11.8. The van der Waals surface area contributed by atoms with Gasteiger partial charge in [0.05, 0.1) is 11.4 Å². The normalized spacial score (nSPS) is 10.3. The van der Waals surface area contributed by atoms with Gasteiger partial charge in [0.2, 0.25) is 0 Å². The van der Waals surface area contributed by atoms with E-state index >= 15 is 0 Å². The monoisotopic (exact) mass is 308 g/mol. The topological polar surface area (TPSA) is 75.6 Å². The maximum absolute atomic E-state index is 13.1. The first-order chi connectivity index (χ1) is 11.1. The first-order valence-corrected chi connectivity index (χ1v) is 6.68. The van der Waals surface area contributed by atoms with Crippen LogP contribution in [0.2, 0.25) is 0 Å². The Morgan fingerprint density at radius 3 is 1.65 bits per heavy atom. The third-order valence-electron chi connectivity index (χ3n) is 3.26. The van der Waals surface area contributed by atoms with E-state index < -0.39 is 0 Å². The van der Waals surface area contributed by atoms with Crippen LogP contribution >= 0.6 is 0 Å². The lowest BCUT2D eigenvalue weighted by molar-refractivity contribution is 0.627. The van der Waals surface area contributed by atoms with Crippen LogP contribution in [-0.2, 0) is 0 Å². The van der Waals surface area contributed by atoms with Gasteiger partial charge in [-0.05, 0) is 48.5 Å². The van der Waals surface area contributed by atoms with Crippen LogP contribution in [0.25, 0.3) is 22.5 Å². The van der Waals surface area contributed by atoms with Crippen LogP contribution in [0.1, 0.15) is 5.69 Å². The number of aromatic nitrogens is 2. The molecule has 1 aromatic heterocycles. The van der Waals surface area contributed by atoms with Crippen LogP contribution in [-0.4, -0.2) is 9.97 Å². The van der Waals surface area contributed by atoms with Crippen molar-refractivity contribution in [1.82, 2.24) is 9.97 Å². The van der Waals surface area contributed by atoms with Crippen molar-refractivity contribution in [2.75, 3.05) is 5.73 Å². The van der Waals surface area contributed by atoms with E-state index in [2.05, 4.69) is 9.97 Å². The van der Waals surface area contributed by atoms with Crippen molar-refractivity contribution in [3.05, 3.63) is 65.9 Å². The number of hydrogen-bond acceptors (Lipinski definition) is 4. The Bertz CT molecular complexity index is 898. The maximum atomic E-state index is 13.1. The van der Waals surface area contributed by atoms with Crippen LogP contribution in [0.15, 0.2) is 48.5 Å². The van der Waals surface area contributed by atoms with Crippen molar-refractivity contribution in [3.8, 4) is 28.6 Å². The molecule has 0 saturated heterocycles. The number of nitriles is 1. The number of nitrogens with zero attached hydrogens (tertiary/aromatic N) is 3. The zero-order valence-corrected chi connectivity index (χ0v) is 11.8. The van der Waals surface area contributed by atoms with E-state index in [1.54, 1.807) is 0 Å². The summed E-state index contributed by atoms with van der Waals surface area (Å²) in [6.07, 6.45) is 0. The molecule has 0 unspecified atom stereocenters. The fourth-order valence-corrected chi connectivity index (χ4v) is 2.15. The third kappa shape index (κ3) is 2.85. The minimum Gasteiger partial charge on any atom is -0.381 e. The Morgan fingerprint density at radius 1 is 0.783 bits per heavy atom. The smallest absolute Gasteiger partial charge is 0.183 e. The van der Waals surface area contributed by atoms with E-state index in [0.717, 1.165) is 0 Å². The molecule has 0 aliphatic carbocycles. The highest BCUT2D eigenvalue weighted by atomic mass is 19.1. The summed E-state index contributed by atoms with van der Waals surface area (Å²) in [6.45, 7) is 0. The lowest BCUT2D eigenvalue weighted by Crippen LogP contribution is -2.03.